The SMILES string of the molecule is COC(C)(C)CC(C)NC(=O)N(C)CCC(C)O. The molecule has 0 saturated heterocycles. The first-order valence-corrected chi connectivity index (χ1v) is 6.43. The summed E-state index contributed by atoms with van der Waals surface area (Å²) in [6, 6.07) is -0.0727. The molecule has 0 aromatic rings. The lowest BCUT2D eigenvalue weighted by Crippen LogP contribution is -2.45. The zero-order valence-corrected chi connectivity index (χ0v) is 12.5. The molecule has 0 radical (unpaired) electrons. The van der Waals surface area contributed by atoms with E-state index < -0.39 is 0 Å². The average molecular weight is 260 g/mol. The van der Waals surface area contributed by atoms with Crippen molar-refractivity contribution >= 4 is 6.03 Å². The molecular formula is C13H28N2O3. The van der Waals surface area contributed by atoms with E-state index in [2.05, 4.69) is 5.32 Å². The summed E-state index contributed by atoms with van der Waals surface area (Å²) in [5, 5.41) is 12.1. The van der Waals surface area contributed by atoms with E-state index in [4.69, 9.17) is 4.74 Å². The molecule has 0 aromatic heterocycles. The standard InChI is InChI=1S/C13H28N2O3/c1-10(9-13(3,4)18-6)14-12(17)15(5)8-7-11(2)16/h10-11,16H,7-9H2,1-6H3,(H,14,17). The highest BCUT2D eigenvalue weighted by Crippen LogP contribution is 2.15. The predicted octanol–water partition coefficient (Wildman–Crippen LogP) is 1.60. The van der Waals surface area contributed by atoms with E-state index in [-0.39, 0.29) is 23.8 Å². The van der Waals surface area contributed by atoms with E-state index in [0.29, 0.717) is 13.0 Å². The van der Waals surface area contributed by atoms with Crippen molar-refractivity contribution in [3.63, 3.8) is 0 Å². The number of aliphatic hydroxyl groups excluding tert-OH is 1. The van der Waals surface area contributed by atoms with Crippen molar-refractivity contribution in [1.29, 1.82) is 0 Å². The Morgan fingerprint density at radius 3 is 2.44 bits per heavy atom. The van der Waals surface area contributed by atoms with Crippen LogP contribution in [0.2, 0.25) is 0 Å². The highest BCUT2D eigenvalue weighted by Gasteiger charge is 2.22. The van der Waals surface area contributed by atoms with Crippen LogP contribution in [0.15, 0.2) is 0 Å². The van der Waals surface area contributed by atoms with Crippen LogP contribution in [0, 0.1) is 0 Å². The Kier molecular flexibility index (Phi) is 7.25. The molecule has 0 aliphatic carbocycles. The summed E-state index contributed by atoms with van der Waals surface area (Å²) in [7, 11) is 3.40. The van der Waals surface area contributed by atoms with Crippen molar-refractivity contribution in [2.24, 2.45) is 0 Å². The third-order valence-corrected chi connectivity index (χ3v) is 2.95. The molecule has 5 heteroatoms. The summed E-state index contributed by atoms with van der Waals surface area (Å²) in [6.45, 7) is 8.21. The summed E-state index contributed by atoms with van der Waals surface area (Å²) >= 11 is 0. The van der Waals surface area contributed by atoms with Crippen molar-refractivity contribution in [2.75, 3.05) is 20.7 Å². The van der Waals surface area contributed by atoms with Gasteiger partial charge in [0.15, 0.2) is 0 Å². The van der Waals surface area contributed by atoms with E-state index >= 15 is 0 Å². The van der Waals surface area contributed by atoms with Crippen LogP contribution < -0.4 is 5.32 Å². The highest BCUT2D eigenvalue weighted by molar-refractivity contribution is 5.74. The van der Waals surface area contributed by atoms with Crippen LogP contribution in [-0.2, 0) is 4.74 Å². The van der Waals surface area contributed by atoms with Crippen molar-refractivity contribution in [3.8, 4) is 0 Å². The molecule has 0 fully saturated rings. The van der Waals surface area contributed by atoms with Gasteiger partial charge in [-0.05, 0) is 40.5 Å². The fourth-order valence-corrected chi connectivity index (χ4v) is 1.67. The van der Waals surface area contributed by atoms with Gasteiger partial charge in [-0.1, -0.05) is 0 Å². The fraction of sp³-hybridized carbons (Fsp3) is 0.923. The van der Waals surface area contributed by atoms with Crippen LogP contribution >= 0.6 is 0 Å². The van der Waals surface area contributed by atoms with Crippen LogP contribution in [-0.4, -0.2) is 54.5 Å². The maximum Gasteiger partial charge on any atom is 0.317 e. The Morgan fingerprint density at radius 1 is 1.44 bits per heavy atom. The van der Waals surface area contributed by atoms with Crippen molar-refractivity contribution < 1.29 is 14.6 Å². The zero-order chi connectivity index (χ0) is 14.3. The minimum Gasteiger partial charge on any atom is -0.393 e. The molecule has 0 saturated carbocycles. The van der Waals surface area contributed by atoms with Crippen molar-refractivity contribution in [1.82, 2.24) is 10.2 Å². The molecule has 18 heavy (non-hydrogen) atoms. The van der Waals surface area contributed by atoms with Crippen molar-refractivity contribution in [2.45, 2.75) is 58.3 Å². The predicted molar refractivity (Wildman–Crippen MR) is 72.6 cm³/mol. The second kappa shape index (κ2) is 7.59. The van der Waals surface area contributed by atoms with Gasteiger partial charge in [0, 0.05) is 26.7 Å². The van der Waals surface area contributed by atoms with Gasteiger partial charge in [0.1, 0.15) is 0 Å². The van der Waals surface area contributed by atoms with E-state index in [0.717, 1.165) is 6.42 Å². The molecular weight excluding hydrogens is 232 g/mol. The van der Waals surface area contributed by atoms with E-state index in [1.165, 1.54) is 0 Å². The van der Waals surface area contributed by atoms with Gasteiger partial charge in [-0.25, -0.2) is 4.79 Å². The van der Waals surface area contributed by atoms with E-state index in [9.17, 15) is 9.90 Å². The van der Waals surface area contributed by atoms with Crippen LogP contribution in [0.1, 0.15) is 40.5 Å². The molecule has 5 nitrogen and oxygen atoms in total. The molecule has 2 atom stereocenters. The number of nitrogens with one attached hydrogen (secondary N) is 1. The van der Waals surface area contributed by atoms with Gasteiger partial charge in [0.2, 0.25) is 0 Å². The maximum atomic E-state index is 11.8. The number of carbonyl (C=O) groups is 1. The first-order chi connectivity index (χ1) is 8.18. The number of rotatable bonds is 7. The summed E-state index contributed by atoms with van der Waals surface area (Å²) in [5.74, 6) is 0. The largest absolute Gasteiger partial charge is 0.393 e. The molecule has 0 aliphatic heterocycles. The Balaban J connectivity index is 4.07. The summed E-state index contributed by atoms with van der Waals surface area (Å²) in [5.41, 5.74) is -0.245. The smallest absolute Gasteiger partial charge is 0.317 e. The number of urea groups is 1. The molecule has 0 aliphatic rings. The van der Waals surface area contributed by atoms with Gasteiger partial charge in [0.25, 0.3) is 0 Å². The van der Waals surface area contributed by atoms with Gasteiger partial charge < -0.3 is 20.1 Å². The third-order valence-electron chi connectivity index (χ3n) is 2.95. The van der Waals surface area contributed by atoms with Gasteiger partial charge in [0.05, 0.1) is 11.7 Å². The summed E-state index contributed by atoms with van der Waals surface area (Å²) < 4.78 is 5.33. The lowest BCUT2D eigenvalue weighted by atomic mass is 10.00. The van der Waals surface area contributed by atoms with E-state index in [1.54, 1.807) is 26.0 Å². The molecule has 2 amide bonds. The molecule has 0 aromatic carbocycles. The molecule has 2 unspecified atom stereocenters. The lowest BCUT2D eigenvalue weighted by molar-refractivity contribution is 0.00919. The van der Waals surface area contributed by atoms with Crippen LogP contribution in [0.25, 0.3) is 0 Å². The van der Waals surface area contributed by atoms with Gasteiger partial charge in [-0.3, -0.25) is 0 Å². The Hall–Kier alpha value is -0.810. The number of aliphatic hydroxyl groups is 1. The number of hydrogen-bond acceptors (Lipinski definition) is 3. The van der Waals surface area contributed by atoms with Crippen LogP contribution in [0.4, 0.5) is 4.79 Å². The average Bonchev–Trinajstić information content (AvgIpc) is 2.24. The van der Waals surface area contributed by atoms with Crippen molar-refractivity contribution in [3.05, 3.63) is 0 Å². The molecule has 0 heterocycles. The van der Waals surface area contributed by atoms with Crippen LogP contribution in [0.5, 0.6) is 0 Å². The Labute approximate surface area is 110 Å². The van der Waals surface area contributed by atoms with Gasteiger partial charge >= 0.3 is 6.03 Å². The first-order valence-electron chi connectivity index (χ1n) is 6.43. The number of ether oxygens (including phenoxy) is 1. The number of methoxy groups -OCH3 is 1. The molecule has 108 valence electrons. The zero-order valence-electron chi connectivity index (χ0n) is 12.5. The maximum absolute atomic E-state index is 11.8. The normalized spacial score (nSPS) is 15.1. The fourth-order valence-electron chi connectivity index (χ4n) is 1.67. The Bertz CT molecular complexity index is 255. The molecule has 0 bridgehead atoms. The molecule has 2 N–H and O–H groups in total. The second-order valence-electron chi connectivity index (χ2n) is 5.58. The Morgan fingerprint density at radius 2 is 2.00 bits per heavy atom. The lowest BCUT2D eigenvalue weighted by Gasteiger charge is -2.28. The summed E-state index contributed by atoms with van der Waals surface area (Å²) in [6.07, 6.45) is 0.951. The first kappa shape index (κ1) is 17.2. The number of hydrogen-bond donors (Lipinski definition) is 2. The quantitative estimate of drug-likeness (QED) is 0.731. The molecule has 0 rings (SSSR count). The number of amides is 2. The third kappa shape index (κ3) is 7.50. The van der Waals surface area contributed by atoms with E-state index in [1.807, 2.05) is 20.8 Å². The number of nitrogens with zero attached hydrogens (tertiary/aromatic N) is 1. The van der Waals surface area contributed by atoms with Crippen LogP contribution in [0.3, 0.4) is 0 Å². The second-order valence-corrected chi connectivity index (χ2v) is 5.58. The summed E-state index contributed by atoms with van der Waals surface area (Å²) in [4.78, 5) is 13.4. The monoisotopic (exact) mass is 260 g/mol. The highest BCUT2D eigenvalue weighted by atomic mass is 16.5. The topological polar surface area (TPSA) is 61.8 Å². The number of carbonyl (C=O) groups excluding carboxylic acids is 1. The van der Waals surface area contributed by atoms with Gasteiger partial charge in [-0.2, -0.15) is 0 Å². The van der Waals surface area contributed by atoms with Gasteiger partial charge in [-0.15, -0.1) is 0 Å². The minimum atomic E-state index is -0.384. The minimum absolute atomic E-state index is 0.0430. The molecule has 0 spiro atoms.